The molecule has 9 heteroatoms. The van der Waals surface area contributed by atoms with Gasteiger partial charge in [-0.05, 0) is 80.7 Å². The topological polar surface area (TPSA) is 84.0 Å². The molecule has 0 saturated heterocycles. The maximum atomic E-state index is 13.9. The number of sulfonamides is 1. The van der Waals surface area contributed by atoms with Crippen molar-refractivity contribution >= 4 is 26.5 Å². The van der Waals surface area contributed by atoms with E-state index in [9.17, 15) is 12.8 Å². The van der Waals surface area contributed by atoms with E-state index in [1.165, 1.54) is 22.7 Å². The van der Waals surface area contributed by atoms with Gasteiger partial charge in [0.2, 0.25) is 10.0 Å². The average Bonchev–Trinajstić information content (AvgIpc) is 3.15. The monoisotopic (exact) mass is 486 g/mol. The van der Waals surface area contributed by atoms with Crippen LogP contribution in [0.2, 0.25) is 0 Å². The Morgan fingerprint density at radius 1 is 1.12 bits per heavy atom. The molecule has 2 aromatic heterocycles. The van der Waals surface area contributed by atoms with Gasteiger partial charge in [-0.25, -0.2) is 22.5 Å². The Morgan fingerprint density at radius 2 is 1.97 bits per heavy atom. The van der Waals surface area contributed by atoms with Gasteiger partial charge in [-0.2, -0.15) is 0 Å². The normalized spacial score (nSPS) is 20.5. The van der Waals surface area contributed by atoms with Crippen LogP contribution in [0.25, 0.3) is 11.3 Å². The summed E-state index contributed by atoms with van der Waals surface area (Å²) < 4.78 is 41.8. The number of fused-ring (bicyclic) bond motifs is 3. The predicted octanol–water partition coefficient (Wildman–Crippen LogP) is 4.78. The number of thiazole rings is 1. The Morgan fingerprint density at radius 3 is 2.76 bits per heavy atom. The summed E-state index contributed by atoms with van der Waals surface area (Å²) in [6, 6.07) is 8.17. The van der Waals surface area contributed by atoms with E-state index in [1.807, 2.05) is 6.07 Å². The molecule has 0 bridgehead atoms. The van der Waals surface area contributed by atoms with E-state index >= 15 is 0 Å². The number of nitrogens with one attached hydrogen (secondary N) is 2. The van der Waals surface area contributed by atoms with Gasteiger partial charge in [0.1, 0.15) is 10.7 Å². The molecule has 2 N–H and O–H groups in total. The van der Waals surface area contributed by atoms with Crippen LogP contribution in [0.5, 0.6) is 0 Å². The minimum absolute atomic E-state index is 0.0474. The zero-order chi connectivity index (χ0) is 22.8. The molecule has 0 radical (unpaired) electrons. The van der Waals surface area contributed by atoms with E-state index in [-0.39, 0.29) is 16.8 Å². The first-order valence-electron chi connectivity index (χ1n) is 11.4. The predicted molar refractivity (Wildman–Crippen MR) is 128 cm³/mol. The Balaban J connectivity index is 1.17. The van der Waals surface area contributed by atoms with Crippen LogP contribution in [0.15, 0.2) is 47.6 Å². The van der Waals surface area contributed by atoms with E-state index in [1.54, 1.807) is 35.7 Å². The molecule has 5 rings (SSSR count). The number of halogens is 1. The van der Waals surface area contributed by atoms with Crippen LogP contribution in [-0.2, 0) is 22.9 Å². The van der Waals surface area contributed by atoms with Crippen molar-refractivity contribution in [2.24, 2.45) is 5.92 Å². The Bertz CT molecular complexity index is 1220. The van der Waals surface area contributed by atoms with Gasteiger partial charge in [-0.3, -0.25) is 4.98 Å². The minimum Gasteiger partial charge on any atom is -0.361 e. The number of aryl methyl sites for hydroxylation is 2. The van der Waals surface area contributed by atoms with E-state index in [0.29, 0.717) is 5.92 Å². The summed E-state index contributed by atoms with van der Waals surface area (Å²) >= 11 is 1.67. The third-order valence-electron chi connectivity index (χ3n) is 6.53. The largest absolute Gasteiger partial charge is 0.361 e. The van der Waals surface area contributed by atoms with Gasteiger partial charge in [0.25, 0.3) is 0 Å². The summed E-state index contributed by atoms with van der Waals surface area (Å²) in [7, 11) is -3.53. The number of rotatable bonds is 6. The molecular formula is C24H27FN4O2S2. The van der Waals surface area contributed by atoms with Crippen LogP contribution in [0.3, 0.4) is 0 Å². The third-order valence-corrected chi connectivity index (χ3v) is 9.11. The molecule has 0 atom stereocenters. The minimum atomic E-state index is -3.53. The summed E-state index contributed by atoms with van der Waals surface area (Å²) in [6.45, 7) is 0.810. The quantitative estimate of drug-likeness (QED) is 0.524. The van der Waals surface area contributed by atoms with Crippen LogP contribution >= 0.6 is 11.3 Å². The van der Waals surface area contributed by atoms with Crippen LogP contribution < -0.4 is 10.0 Å². The maximum Gasteiger partial charge on any atom is 0.242 e. The fourth-order valence-corrected chi connectivity index (χ4v) is 7.04. The van der Waals surface area contributed by atoms with Crippen molar-refractivity contribution in [1.82, 2.24) is 14.7 Å². The fourth-order valence-electron chi connectivity index (χ4n) is 4.74. The molecule has 2 aliphatic carbocycles. The van der Waals surface area contributed by atoms with Crippen molar-refractivity contribution in [2.75, 3.05) is 11.9 Å². The molecule has 0 spiro atoms. The highest BCUT2D eigenvalue weighted by Crippen LogP contribution is 2.38. The van der Waals surface area contributed by atoms with Crippen LogP contribution in [0.1, 0.15) is 42.5 Å². The number of anilines is 1. The molecule has 1 fully saturated rings. The van der Waals surface area contributed by atoms with Crippen LogP contribution in [0.4, 0.5) is 9.52 Å². The third kappa shape index (κ3) is 5.10. The molecule has 2 aliphatic rings. The first-order valence-corrected chi connectivity index (χ1v) is 13.7. The maximum absolute atomic E-state index is 13.9. The van der Waals surface area contributed by atoms with Crippen molar-refractivity contribution < 1.29 is 12.8 Å². The molecular weight excluding hydrogens is 459 g/mol. The van der Waals surface area contributed by atoms with Crippen molar-refractivity contribution in [3.8, 4) is 11.3 Å². The van der Waals surface area contributed by atoms with Gasteiger partial charge in [-0.15, -0.1) is 11.3 Å². The lowest BCUT2D eigenvalue weighted by Crippen LogP contribution is -2.38. The van der Waals surface area contributed by atoms with Crippen LogP contribution in [-0.4, -0.2) is 31.0 Å². The second-order valence-corrected chi connectivity index (χ2v) is 11.7. The molecule has 0 unspecified atom stereocenters. The van der Waals surface area contributed by atoms with Crippen molar-refractivity contribution in [2.45, 2.75) is 55.9 Å². The number of pyridine rings is 1. The molecule has 0 aliphatic heterocycles. The Labute approximate surface area is 197 Å². The van der Waals surface area contributed by atoms with Gasteiger partial charge in [0.05, 0.1) is 5.69 Å². The molecule has 1 aromatic carbocycles. The molecule has 2 heterocycles. The highest BCUT2D eigenvalue weighted by Gasteiger charge is 2.26. The molecule has 0 amide bonds. The molecule has 1 saturated carbocycles. The summed E-state index contributed by atoms with van der Waals surface area (Å²) in [5.41, 5.74) is 3.01. The molecule has 33 heavy (non-hydrogen) atoms. The van der Waals surface area contributed by atoms with Crippen LogP contribution in [0, 0.1) is 11.7 Å². The van der Waals surface area contributed by atoms with E-state index in [0.717, 1.165) is 67.9 Å². The highest BCUT2D eigenvalue weighted by molar-refractivity contribution is 7.89. The molecule has 6 nitrogen and oxygen atoms in total. The SMILES string of the molecule is O=S(=O)(N[C@H]1CC[C@H](CNc2nc3c(s2)CCCc2ccc(F)cc2-3)CC1)c1cccnc1. The van der Waals surface area contributed by atoms with Gasteiger partial charge in [0.15, 0.2) is 5.13 Å². The van der Waals surface area contributed by atoms with Crippen molar-refractivity contribution in [3.63, 3.8) is 0 Å². The summed E-state index contributed by atoms with van der Waals surface area (Å²) in [5, 5.41) is 4.38. The Kier molecular flexibility index (Phi) is 6.44. The summed E-state index contributed by atoms with van der Waals surface area (Å²) in [5.74, 6) is 0.248. The zero-order valence-electron chi connectivity index (χ0n) is 18.3. The highest BCUT2D eigenvalue weighted by atomic mass is 32.2. The lowest BCUT2D eigenvalue weighted by atomic mass is 9.86. The zero-order valence-corrected chi connectivity index (χ0v) is 19.9. The summed E-state index contributed by atoms with van der Waals surface area (Å²) in [4.78, 5) is 10.1. The lowest BCUT2D eigenvalue weighted by Gasteiger charge is -2.29. The summed E-state index contributed by atoms with van der Waals surface area (Å²) in [6.07, 6.45) is 9.43. The molecule has 3 aromatic rings. The average molecular weight is 487 g/mol. The van der Waals surface area contributed by atoms with Gasteiger partial charge in [0, 0.05) is 35.4 Å². The van der Waals surface area contributed by atoms with Gasteiger partial charge < -0.3 is 5.32 Å². The smallest absolute Gasteiger partial charge is 0.242 e. The number of benzene rings is 1. The lowest BCUT2D eigenvalue weighted by molar-refractivity contribution is 0.324. The molecule has 174 valence electrons. The second kappa shape index (κ2) is 9.48. The van der Waals surface area contributed by atoms with Crippen molar-refractivity contribution in [3.05, 3.63) is 59.0 Å². The van der Waals surface area contributed by atoms with E-state index < -0.39 is 10.0 Å². The first-order chi connectivity index (χ1) is 16.0. The van der Waals surface area contributed by atoms with Crippen molar-refractivity contribution in [1.29, 1.82) is 0 Å². The van der Waals surface area contributed by atoms with Gasteiger partial charge in [-0.1, -0.05) is 6.07 Å². The number of aromatic nitrogens is 2. The standard InChI is InChI=1S/C24H27FN4O2S2/c25-18-9-8-17-3-1-5-22-23(21(17)13-18)28-24(32-22)27-14-16-6-10-19(11-7-16)29-33(30,31)20-4-2-12-26-15-20/h2,4,8-9,12-13,15-16,19,29H,1,3,5-7,10-11,14H2,(H,27,28)/t16-,19-. The van der Waals surface area contributed by atoms with E-state index in [2.05, 4.69) is 15.0 Å². The van der Waals surface area contributed by atoms with E-state index in [4.69, 9.17) is 4.98 Å². The Hall–Kier alpha value is -2.36. The first kappa shape index (κ1) is 22.4. The number of hydrogen-bond donors (Lipinski definition) is 2. The number of hydrogen-bond acceptors (Lipinski definition) is 6. The van der Waals surface area contributed by atoms with Gasteiger partial charge >= 0.3 is 0 Å². The second-order valence-electron chi connectivity index (χ2n) is 8.85. The fraction of sp³-hybridized carbons (Fsp3) is 0.417. The number of nitrogens with zero attached hydrogens (tertiary/aromatic N) is 2.